The molecule has 1 aromatic rings. The molecule has 0 atom stereocenters. The molecule has 0 fully saturated rings. The van der Waals surface area contributed by atoms with Gasteiger partial charge < -0.3 is 16.2 Å². The van der Waals surface area contributed by atoms with Crippen LogP contribution in [0, 0.1) is 6.92 Å². The highest BCUT2D eigenvalue weighted by molar-refractivity contribution is 5.95. The van der Waals surface area contributed by atoms with E-state index in [9.17, 15) is 9.90 Å². The number of benzene rings is 1. The monoisotopic (exact) mass is 222 g/mol. The number of aryl methyl sites for hydroxylation is 1. The van der Waals surface area contributed by atoms with Gasteiger partial charge in [-0.25, -0.2) is 0 Å². The molecule has 0 aliphatic rings. The number of aromatic hydroxyl groups is 1. The minimum atomic E-state index is -0.447. The zero-order valence-electron chi connectivity index (χ0n) is 9.87. The molecule has 16 heavy (non-hydrogen) atoms. The molecular formula is C12H18N2O2. The second-order valence-corrected chi connectivity index (χ2v) is 4.54. The molecule has 0 saturated carbocycles. The van der Waals surface area contributed by atoms with Gasteiger partial charge in [0.15, 0.2) is 0 Å². The molecule has 0 unspecified atom stereocenters. The molecule has 0 heterocycles. The Morgan fingerprint density at radius 3 is 2.62 bits per heavy atom. The van der Waals surface area contributed by atoms with Crippen LogP contribution >= 0.6 is 0 Å². The Morgan fingerprint density at radius 2 is 2.12 bits per heavy atom. The van der Waals surface area contributed by atoms with Crippen LogP contribution in [-0.2, 0) is 0 Å². The zero-order chi connectivity index (χ0) is 12.3. The van der Waals surface area contributed by atoms with E-state index in [-0.39, 0.29) is 11.7 Å². The first kappa shape index (κ1) is 12.5. The van der Waals surface area contributed by atoms with Gasteiger partial charge in [-0.05, 0) is 38.5 Å². The first-order chi connectivity index (χ1) is 7.35. The summed E-state index contributed by atoms with van der Waals surface area (Å²) in [5, 5.41) is 12.3. The van der Waals surface area contributed by atoms with Crippen molar-refractivity contribution in [1.82, 2.24) is 5.32 Å². The molecule has 0 bridgehead atoms. The van der Waals surface area contributed by atoms with E-state index in [1.165, 1.54) is 6.07 Å². The number of amides is 1. The maximum Gasteiger partial charge on any atom is 0.251 e. The molecule has 0 aliphatic heterocycles. The molecule has 1 amide bonds. The van der Waals surface area contributed by atoms with E-state index < -0.39 is 5.54 Å². The molecule has 4 heteroatoms. The van der Waals surface area contributed by atoms with Crippen molar-refractivity contribution in [1.29, 1.82) is 0 Å². The highest BCUT2D eigenvalue weighted by atomic mass is 16.3. The van der Waals surface area contributed by atoms with Gasteiger partial charge in [0.05, 0.1) is 0 Å². The molecule has 1 rings (SSSR count). The number of nitrogens with one attached hydrogen (secondary N) is 1. The molecule has 0 spiro atoms. The summed E-state index contributed by atoms with van der Waals surface area (Å²) in [6.45, 7) is 5.83. The van der Waals surface area contributed by atoms with Gasteiger partial charge in [0.2, 0.25) is 0 Å². The van der Waals surface area contributed by atoms with Crippen molar-refractivity contribution in [2.24, 2.45) is 5.73 Å². The molecule has 0 radical (unpaired) electrons. The van der Waals surface area contributed by atoms with Crippen molar-refractivity contribution in [3.05, 3.63) is 29.3 Å². The molecular weight excluding hydrogens is 204 g/mol. The van der Waals surface area contributed by atoms with Gasteiger partial charge in [-0.2, -0.15) is 0 Å². The van der Waals surface area contributed by atoms with Crippen molar-refractivity contribution >= 4 is 5.91 Å². The first-order valence-electron chi connectivity index (χ1n) is 5.18. The molecule has 0 saturated heterocycles. The number of phenolic OH excluding ortho intramolecular Hbond substituents is 1. The first-order valence-corrected chi connectivity index (χ1v) is 5.18. The lowest BCUT2D eigenvalue weighted by atomic mass is 10.0. The Bertz CT molecular complexity index is 400. The summed E-state index contributed by atoms with van der Waals surface area (Å²) in [4.78, 5) is 11.8. The van der Waals surface area contributed by atoms with Crippen molar-refractivity contribution in [2.75, 3.05) is 6.54 Å². The van der Waals surface area contributed by atoms with Crippen LogP contribution in [0.2, 0.25) is 0 Å². The minimum absolute atomic E-state index is 0.123. The van der Waals surface area contributed by atoms with Crippen molar-refractivity contribution < 1.29 is 9.90 Å². The number of carbonyl (C=O) groups excluding carboxylic acids is 1. The van der Waals surface area contributed by atoms with E-state index in [0.29, 0.717) is 12.1 Å². The van der Waals surface area contributed by atoms with E-state index in [2.05, 4.69) is 5.32 Å². The van der Waals surface area contributed by atoms with Crippen LogP contribution in [0.15, 0.2) is 18.2 Å². The Labute approximate surface area is 95.5 Å². The molecule has 4 nitrogen and oxygen atoms in total. The highest BCUT2D eigenvalue weighted by Gasteiger charge is 2.19. The lowest BCUT2D eigenvalue weighted by Crippen LogP contribution is -2.48. The summed E-state index contributed by atoms with van der Waals surface area (Å²) in [5.74, 6) is -0.107. The molecule has 1 aromatic carbocycles. The summed E-state index contributed by atoms with van der Waals surface area (Å²) in [6.07, 6.45) is 0. The van der Waals surface area contributed by atoms with Crippen LogP contribution in [0.1, 0.15) is 29.8 Å². The normalized spacial score (nSPS) is 11.2. The van der Waals surface area contributed by atoms with Gasteiger partial charge >= 0.3 is 0 Å². The smallest absolute Gasteiger partial charge is 0.251 e. The Balaban J connectivity index is 2.85. The van der Waals surface area contributed by atoms with Gasteiger partial charge in [0, 0.05) is 17.6 Å². The van der Waals surface area contributed by atoms with Crippen LogP contribution in [0.5, 0.6) is 5.75 Å². The standard InChI is InChI=1S/C12H18N2O2/c1-8-4-5-9(6-10(8)15)11(16)14-12(2,3)7-13/h4-6,15H,7,13H2,1-3H3,(H,14,16). The second-order valence-electron chi connectivity index (χ2n) is 4.54. The van der Waals surface area contributed by atoms with Crippen molar-refractivity contribution in [3.8, 4) is 5.75 Å². The molecule has 4 N–H and O–H groups in total. The van der Waals surface area contributed by atoms with Gasteiger partial charge in [-0.1, -0.05) is 6.07 Å². The summed E-state index contributed by atoms with van der Waals surface area (Å²) < 4.78 is 0. The second kappa shape index (κ2) is 4.53. The zero-order valence-corrected chi connectivity index (χ0v) is 9.87. The fourth-order valence-electron chi connectivity index (χ4n) is 1.18. The third-order valence-electron chi connectivity index (χ3n) is 2.43. The van der Waals surface area contributed by atoms with Crippen molar-refractivity contribution in [3.63, 3.8) is 0 Å². The van der Waals surface area contributed by atoms with E-state index in [1.807, 2.05) is 13.8 Å². The number of phenols is 1. The predicted molar refractivity (Wildman–Crippen MR) is 63.4 cm³/mol. The summed E-state index contributed by atoms with van der Waals surface area (Å²) in [7, 11) is 0. The fraction of sp³-hybridized carbons (Fsp3) is 0.417. The Morgan fingerprint density at radius 1 is 1.50 bits per heavy atom. The maximum absolute atomic E-state index is 11.8. The lowest BCUT2D eigenvalue weighted by Gasteiger charge is -2.24. The minimum Gasteiger partial charge on any atom is -0.508 e. The van der Waals surface area contributed by atoms with Crippen LogP contribution in [0.4, 0.5) is 0 Å². The Kier molecular flexibility index (Phi) is 3.55. The molecule has 88 valence electrons. The van der Waals surface area contributed by atoms with Gasteiger partial charge in [-0.3, -0.25) is 4.79 Å². The lowest BCUT2D eigenvalue weighted by molar-refractivity contribution is 0.0915. The average Bonchev–Trinajstić information content (AvgIpc) is 2.21. The Hall–Kier alpha value is -1.55. The summed E-state index contributed by atoms with van der Waals surface area (Å²) >= 11 is 0. The average molecular weight is 222 g/mol. The van der Waals surface area contributed by atoms with Crippen molar-refractivity contribution in [2.45, 2.75) is 26.3 Å². The quantitative estimate of drug-likeness (QED) is 0.718. The van der Waals surface area contributed by atoms with E-state index in [0.717, 1.165) is 5.56 Å². The van der Waals surface area contributed by atoms with E-state index >= 15 is 0 Å². The predicted octanol–water partition coefficient (Wildman–Crippen LogP) is 1.17. The number of carbonyl (C=O) groups is 1. The van der Waals surface area contributed by atoms with E-state index in [4.69, 9.17) is 5.73 Å². The molecule has 0 aliphatic carbocycles. The van der Waals surface area contributed by atoms with Gasteiger partial charge in [-0.15, -0.1) is 0 Å². The largest absolute Gasteiger partial charge is 0.508 e. The number of hydrogen-bond donors (Lipinski definition) is 3. The number of nitrogens with two attached hydrogens (primary N) is 1. The van der Waals surface area contributed by atoms with Crippen LogP contribution in [-0.4, -0.2) is 23.1 Å². The van der Waals surface area contributed by atoms with Gasteiger partial charge in [0.1, 0.15) is 5.75 Å². The van der Waals surface area contributed by atoms with Crippen LogP contribution in [0.3, 0.4) is 0 Å². The van der Waals surface area contributed by atoms with Gasteiger partial charge in [0.25, 0.3) is 5.91 Å². The van der Waals surface area contributed by atoms with E-state index in [1.54, 1.807) is 19.1 Å². The third kappa shape index (κ3) is 2.97. The SMILES string of the molecule is Cc1ccc(C(=O)NC(C)(C)CN)cc1O. The van der Waals surface area contributed by atoms with Crippen LogP contribution < -0.4 is 11.1 Å². The summed E-state index contributed by atoms with van der Waals surface area (Å²) in [6, 6.07) is 4.84. The van der Waals surface area contributed by atoms with Crippen LogP contribution in [0.25, 0.3) is 0 Å². The highest BCUT2D eigenvalue weighted by Crippen LogP contribution is 2.17. The topological polar surface area (TPSA) is 75.4 Å². The summed E-state index contributed by atoms with van der Waals surface area (Å²) in [5.41, 5.74) is 6.26. The maximum atomic E-state index is 11.8. The number of hydrogen-bond acceptors (Lipinski definition) is 3. The third-order valence-corrected chi connectivity index (χ3v) is 2.43. The number of rotatable bonds is 3. The molecule has 0 aromatic heterocycles. The fourth-order valence-corrected chi connectivity index (χ4v) is 1.18.